The highest BCUT2D eigenvalue weighted by Crippen LogP contribution is 2.46. The number of aliphatic hydroxyl groups is 1. The highest BCUT2D eigenvalue weighted by atomic mass is 19.3. The number of benzene rings is 1. The van der Waals surface area contributed by atoms with Gasteiger partial charge in [0.2, 0.25) is 0 Å². The minimum atomic E-state index is -2.89. The van der Waals surface area contributed by atoms with Crippen molar-refractivity contribution in [2.75, 3.05) is 0 Å². The third-order valence-electron chi connectivity index (χ3n) is 3.93. The van der Waals surface area contributed by atoms with E-state index in [0.717, 1.165) is 12.8 Å². The Kier molecular flexibility index (Phi) is 3.19. The summed E-state index contributed by atoms with van der Waals surface area (Å²) in [6.07, 6.45) is 2.75. The van der Waals surface area contributed by atoms with Crippen LogP contribution in [-0.2, 0) is 10.3 Å². The molecule has 104 valence electrons. The van der Waals surface area contributed by atoms with Crippen LogP contribution in [0.15, 0.2) is 24.3 Å². The smallest absolute Gasteiger partial charge is 0.387 e. The zero-order chi connectivity index (χ0) is 13.5. The molecule has 2 aliphatic rings. The van der Waals surface area contributed by atoms with Crippen LogP contribution in [0, 0.1) is 0 Å². The van der Waals surface area contributed by atoms with E-state index in [2.05, 4.69) is 4.74 Å². The Bertz CT molecular complexity index is 452. The summed E-state index contributed by atoms with van der Waals surface area (Å²) >= 11 is 0. The number of ether oxygens (including phenoxy) is 2. The Balaban J connectivity index is 1.92. The first-order valence-corrected chi connectivity index (χ1v) is 6.49. The molecular weight excluding hydrogens is 254 g/mol. The van der Waals surface area contributed by atoms with Crippen molar-refractivity contribution in [2.45, 2.75) is 50.1 Å². The Labute approximate surface area is 110 Å². The molecule has 5 heteroatoms. The first-order valence-electron chi connectivity index (χ1n) is 6.49. The van der Waals surface area contributed by atoms with Crippen LogP contribution in [0.25, 0.3) is 0 Å². The lowest BCUT2D eigenvalue weighted by atomic mass is 9.83. The van der Waals surface area contributed by atoms with E-state index < -0.39 is 12.2 Å². The molecule has 2 atom stereocenters. The van der Waals surface area contributed by atoms with E-state index in [-0.39, 0.29) is 18.0 Å². The Morgan fingerprint density at radius 2 is 1.84 bits per heavy atom. The average molecular weight is 270 g/mol. The van der Waals surface area contributed by atoms with Gasteiger partial charge in [-0.3, -0.25) is 0 Å². The van der Waals surface area contributed by atoms with Gasteiger partial charge in [0.25, 0.3) is 0 Å². The van der Waals surface area contributed by atoms with E-state index in [1.54, 1.807) is 18.2 Å². The molecule has 0 spiro atoms. The molecule has 0 radical (unpaired) electrons. The number of fused-ring (bicyclic) bond motifs is 2. The van der Waals surface area contributed by atoms with Crippen LogP contribution in [0.3, 0.4) is 0 Å². The van der Waals surface area contributed by atoms with Gasteiger partial charge in [-0.15, -0.1) is 0 Å². The molecule has 2 unspecified atom stereocenters. The average Bonchev–Trinajstić information content (AvgIpc) is 2.69. The Hall–Kier alpha value is -1.20. The van der Waals surface area contributed by atoms with E-state index in [1.807, 2.05) is 0 Å². The summed E-state index contributed by atoms with van der Waals surface area (Å²) in [7, 11) is 0. The number of hydrogen-bond acceptors (Lipinski definition) is 3. The molecule has 0 aliphatic carbocycles. The van der Waals surface area contributed by atoms with Crippen LogP contribution in [0.4, 0.5) is 8.78 Å². The van der Waals surface area contributed by atoms with Gasteiger partial charge in [-0.25, -0.2) is 0 Å². The highest BCUT2D eigenvalue weighted by molar-refractivity contribution is 5.38. The van der Waals surface area contributed by atoms with Crippen molar-refractivity contribution >= 4 is 0 Å². The Morgan fingerprint density at radius 1 is 1.21 bits per heavy atom. The largest absolute Gasteiger partial charge is 0.434 e. The van der Waals surface area contributed by atoms with Crippen molar-refractivity contribution in [3.8, 4) is 5.75 Å². The van der Waals surface area contributed by atoms with Crippen molar-refractivity contribution < 1.29 is 23.4 Å². The number of alkyl halides is 2. The lowest BCUT2D eigenvalue weighted by Gasteiger charge is -2.37. The van der Waals surface area contributed by atoms with Crippen molar-refractivity contribution in [3.63, 3.8) is 0 Å². The molecule has 2 saturated heterocycles. The minimum Gasteiger partial charge on any atom is -0.434 e. The number of rotatable bonds is 3. The molecular formula is C14H16F2O3. The van der Waals surface area contributed by atoms with Crippen molar-refractivity contribution in [2.24, 2.45) is 0 Å². The molecule has 0 amide bonds. The maximum atomic E-state index is 12.4. The Morgan fingerprint density at radius 3 is 2.47 bits per heavy atom. The molecule has 3 rings (SSSR count). The fraction of sp³-hybridized carbons (Fsp3) is 0.571. The molecule has 2 aliphatic heterocycles. The van der Waals surface area contributed by atoms with Gasteiger partial charge in [-0.05, 0) is 18.9 Å². The zero-order valence-electron chi connectivity index (χ0n) is 10.4. The second-order valence-corrected chi connectivity index (χ2v) is 5.27. The fourth-order valence-electron chi connectivity index (χ4n) is 3.19. The molecule has 0 aromatic heterocycles. The molecule has 19 heavy (non-hydrogen) atoms. The number of halogens is 2. The van der Waals surface area contributed by atoms with Gasteiger partial charge in [-0.2, -0.15) is 8.78 Å². The molecule has 1 N–H and O–H groups in total. The molecule has 0 saturated carbocycles. The van der Waals surface area contributed by atoms with Gasteiger partial charge in [-0.1, -0.05) is 18.2 Å². The van der Waals surface area contributed by atoms with Crippen molar-refractivity contribution in [1.82, 2.24) is 0 Å². The van der Waals surface area contributed by atoms with Crippen molar-refractivity contribution in [1.29, 1.82) is 0 Å². The van der Waals surface area contributed by atoms with E-state index >= 15 is 0 Å². The predicted molar refractivity (Wildman–Crippen MR) is 64.1 cm³/mol. The summed E-state index contributed by atoms with van der Waals surface area (Å²) in [4.78, 5) is 0. The highest BCUT2D eigenvalue weighted by Gasteiger charge is 2.46. The standard InChI is InChI=1S/C14H16F2O3/c15-13(16)19-12-4-2-1-3-11(12)14(17)7-9-5-6-10(8-14)18-9/h1-4,9-10,13,17H,5-8H2. The summed E-state index contributed by atoms with van der Waals surface area (Å²) in [5.74, 6) is 0.0568. The van der Waals surface area contributed by atoms with Crippen LogP contribution >= 0.6 is 0 Å². The first kappa shape index (κ1) is 12.8. The monoisotopic (exact) mass is 270 g/mol. The third kappa shape index (κ3) is 2.44. The summed E-state index contributed by atoms with van der Waals surface area (Å²) in [5.41, 5.74) is -0.689. The number of hydrogen-bond donors (Lipinski definition) is 1. The maximum absolute atomic E-state index is 12.4. The van der Waals surface area contributed by atoms with Crippen LogP contribution in [0.2, 0.25) is 0 Å². The summed E-state index contributed by atoms with van der Waals surface area (Å²) in [5, 5.41) is 10.8. The van der Waals surface area contributed by atoms with Gasteiger partial charge in [0.05, 0.1) is 17.8 Å². The van der Waals surface area contributed by atoms with E-state index in [1.165, 1.54) is 6.07 Å². The summed E-state index contributed by atoms with van der Waals surface area (Å²) < 4.78 is 35.1. The zero-order valence-corrected chi connectivity index (χ0v) is 10.4. The molecule has 2 fully saturated rings. The molecule has 3 nitrogen and oxygen atoms in total. The van der Waals surface area contributed by atoms with Gasteiger partial charge >= 0.3 is 6.61 Å². The topological polar surface area (TPSA) is 38.7 Å². The maximum Gasteiger partial charge on any atom is 0.387 e. The molecule has 1 aromatic carbocycles. The minimum absolute atomic E-state index is 0.0170. The van der Waals surface area contributed by atoms with Gasteiger partial charge < -0.3 is 14.6 Å². The van der Waals surface area contributed by atoms with Gasteiger partial charge in [0.1, 0.15) is 5.75 Å². The first-order chi connectivity index (χ1) is 9.07. The van der Waals surface area contributed by atoms with Crippen LogP contribution in [0.1, 0.15) is 31.2 Å². The van der Waals surface area contributed by atoms with Gasteiger partial charge in [0, 0.05) is 18.4 Å². The van der Waals surface area contributed by atoms with E-state index in [0.29, 0.717) is 18.4 Å². The molecule has 2 bridgehead atoms. The summed E-state index contributed by atoms with van der Waals surface area (Å²) in [6, 6.07) is 6.47. The SMILES string of the molecule is OC1(c2ccccc2OC(F)F)CC2CCC(C1)O2. The lowest BCUT2D eigenvalue weighted by molar-refractivity contribution is -0.118. The lowest BCUT2D eigenvalue weighted by Crippen LogP contribution is -2.39. The van der Waals surface area contributed by atoms with Crippen LogP contribution in [0.5, 0.6) is 5.75 Å². The molecule has 1 aromatic rings. The third-order valence-corrected chi connectivity index (χ3v) is 3.93. The van der Waals surface area contributed by atoms with Crippen LogP contribution < -0.4 is 4.74 Å². The number of para-hydroxylation sites is 1. The second-order valence-electron chi connectivity index (χ2n) is 5.27. The predicted octanol–water partition coefficient (Wildman–Crippen LogP) is 2.82. The quantitative estimate of drug-likeness (QED) is 0.918. The van der Waals surface area contributed by atoms with Gasteiger partial charge in [0.15, 0.2) is 0 Å². The van der Waals surface area contributed by atoms with Crippen LogP contribution in [-0.4, -0.2) is 23.9 Å². The van der Waals surface area contributed by atoms with E-state index in [4.69, 9.17) is 4.74 Å². The van der Waals surface area contributed by atoms with E-state index in [9.17, 15) is 13.9 Å². The summed E-state index contributed by atoms with van der Waals surface area (Å²) in [6.45, 7) is -2.89. The normalized spacial score (nSPS) is 33.7. The van der Waals surface area contributed by atoms with Crippen molar-refractivity contribution in [3.05, 3.63) is 29.8 Å². The fourth-order valence-corrected chi connectivity index (χ4v) is 3.19. The second kappa shape index (κ2) is 4.72. The molecule has 2 heterocycles.